The topological polar surface area (TPSA) is 72.5 Å². The Kier molecular flexibility index (Phi) is 4.17. The van der Waals surface area contributed by atoms with Crippen LogP contribution in [0.1, 0.15) is 35.2 Å². The number of ketones is 1. The van der Waals surface area contributed by atoms with E-state index in [9.17, 15) is 14.4 Å². The molecule has 1 amide bonds. The van der Waals surface area contributed by atoms with Crippen molar-refractivity contribution in [1.29, 1.82) is 0 Å². The molecule has 0 unspecified atom stereocenters. The summed E-state index contributed by atoms with van der Waals surface area (Å²) in [5.74, 6) is -0.729. The minimum atomic E-state index is -0.451. The van der Waals surface area contributed by atoms with Crippen LogP contribution in [0.3, 0.4) is 0 Å². The third-order valence-electron chi connectivity index (χ3n) is 3.38. The number of amides is 1. The second kappa shape index (κ2) is 5.86. The second-order valence-corrected chi connectivity index (χ2v) is 4.94. The van der Waals surface area contributed by atoms with Gasteiger partial charge in [0.05, 0.1) is 19.1 Å². The van der Waals surface area contributed by atoms with Crippen molar-refractivity contribution >= 4 is 23.3 Å². The molecular formula is C15H17NO4. The standard InChI is InChI=1S/C15H17NO4/c1-9-11(15(19)20-2)4-3-5-12(9)16-14(18)8-13(17)10-6-7-10/h3-5,10H,6-8H2,1-2H3,(H,16,18). The van der Waals surface area contributed by atoms with E-state index in [2.05, 4.69) is 10.1 Å². The Morgan fingerprint density at radius 2 is 2.00 bits per heavy atom. The molecule has 1 aliphatic carbocycles. The number of nitrogens with one attached hydrogen (secondary N) is 1. The number of rotatable bonds is 5. The molecule has 106 valence electrons. The summed E-state index contributed by atoms with van der Waals surface area (Å²) in [6.45, 7) is 1.73. The van der Waals surface area contributed by atoms with Crippen molar-refractivity contribution in [2.45, 2.75) is 26.2 Å². The van der Waals surface area contributed by atoms with E-state index >= 15 is 0 Å². The molecule has 0 spiro atoms. The summed E-state index contributed by atoms with van der Waals surface area (Å²) in [6.07, 6.45) is 1.68. The maximum absolute atomic E-state index is 11.8. The van der Waals surface area contributed by atoms with E-state index < -0.39 is 5.97 Å². The average molecular weight is 275 g/mol. The smallest absolute Gasteiger partial charge is 0.338 e. The zero-order chi connectivity index (χ0) is 14.7. The van der Waals surface area contributed by atoms with Crippen molar-refractivity contribution in [2.24, 2.45) is 5.92 Å². The second-order valence-electron chi connectivity index (χ2n) is 4.94. The molecule has 0 aliphatic heterocycles. The molecule has 5 heteroatoms. The number of ether oxygens (including phenoxy) is 1. The Bertz CT molecular complexity index is 561. The summed E-state index contributed by atoms with van der Waals surface area (Å²) in [6, 6.07) is 4.99. The van der Waals surface area contributed by atoms with Gasteiger partial charge in [0, 0.05) is 11.6 Å². The molecule has 1 aromatic carbocycles. The first kappa shape index (κ1) is 14.2. The average Bonchev–Trinajstić information content (AvgIpc) is 3.24. The molecule has 0 heterocycles. The lowest BCUT2D eigenvalue weighted by Gasteiger charge is -2.11. The van der Waals surface area contributed by atoms with E-state index in [1.807, 2.05) is 0 Å². The molecule has 0 radical (unpaired) electrons. The maximum Gasteiger partial charge on any atom is 0.338 e. The monoisotopic (exact) mass is 275 g/mol. The zero-order valence-electron chi connectivity index (χ0n) is 11.6. The highest BCUT2D eigenvalue weighted by Crippen LogP contribution is 2.31. The summed E-state index contributed by atoms with van der Waals surface area (Å²) < 4.78 is 4.68. The largest absolute Gasteiger partial charge is 0.465 e. The van der Waals surface area contributed by atoms with Crippen molar-refractivity contribution in [3.8, 4) is 0 Å². The van der Waals surface area contributed by atoms with Crippen LogP contribution >= 0.6 is 0 Å². The molecular weight excluding hydrogens is 258 g/mol. The van der Waals surface area contributed by atoms with Crippen LogP contribution in [0.4, 0.5) is 5.69 Å². The van der Waals surface area contributed by atoms with E-state index in [-0.39, 0.29) is 24.0 Å². The summed E-state index contributed by atoms with van der Waals surface area (Å²) in [5.41, 5.74) is 1.56. The number of carbonyl (C=O) groups excluding carboxylic acids is 3. The van der Waals surface area contributed by atoms with Gasteiger partial charge in [-0.05, 0) is 37.5 Å². The lowest BCUT2D eigenvalue weighted by Crippen LogP contribution is -2.18. The third kappa shape index (κ3) is 3.23. The van der Waals surface area contributed by atoms with Crippen LogP contribution in [0, 0.1) is 12.8 Å². The lowest BCUT2D eigenvalue weighted by molar-refractivity contribution is -0.126. The van der Waals surface area contributed by atoms with Crippen molar-refractivity contribution < 1.29 is 19.1 Å². The molecule has 0 atom stereocenters. The SMILES string of the molecule is COC(=O)c1cccc(NC(=O)CC(=O)C2CC2)c1C. The fourth-order valence-electron chi connectivity index (χ4n) is 2.00. The molecule has 1 fully saturated rings. The van der Waals surface area contributed by atoms with Crippen molar-refractivity contribution in [1.82, 2.24) is 0 Å². The van der Waals surface area contributed by atoms with E-state index in [4.69, 9.17) is 0 Å². The third-order valence-corrected chi connectivity index (χ3v) is 3.38. The molecule has 0 saturated heterocycles. The van der Waals surface area contributed by atoms with Gasteiger partial charge in [-0.1, -0.05) is 6.07 Å². The van der Waals surface area contributed by atoms with Gasteiger partial charge in [0.15, 0.2) is 0 Å². The first-order valence-electron chi connectivity index (χ1n) is 6.53. The molecule has 2 rings (SSSR count). The fourth-order valence-corrected chi connectivity index (χ4v) is 2.00. The minimum Gasteiger partial charge on any atom is -0.465 e. The Labute approximate surface area is 117 Å². The van der Waals surface area contributed by atoms with Gasteiger partial charge in [-0.25, -0.2) is 4.79 Å². The quantitative estimate of drug-likeness (QED) is 0.659. The molecule has 1 aliphatic rings. The minimum absolute atomic E-state index is 0.00993. The zero-order valence-corrected chi connectivity index (χ0v) is 11.6. The van der Waals surface area contributed by atoms with Gasteiger partial charge in [-0.2, -0.15) is 0 Å². The van der Waals surface area contributed by atoms with Gasteiger partial charge >= 0.3 is 5.97 Å². The predicted molar refractivity (Wildman–Crippen MR) is 73.5 cm³/mol. The number of methoxy groups -OCH3 is 1. The summed E-state index contributed by atoms with van der Waals surface area (Å²) in [5, 5.41) is 2.68. The summed E-state index contributed by atoms with van der Waals surface area (Å²) >= 11 is 0. The Hall–Kier alpha value is -2.17. The Balaban J connectivity index is 2.06. The molecule has 1 N–H and O–H groups in total. The highest BCUT2D eigenvalue weighted by Gasteiger charge is 2.30. The van der Waals surface area contributed by atoms with E-state index in [1.54, 1.807) is 25.1 Å². The van der Waals surface area contributed by atoms with Crippen LogP contribution in [0.2, 0.25) is 0 Å². The number of Topliss-reactive ketones (excluding diaryl/α,β-unsaturated/α-hetero) is 1. The summed E-state index contributed by atoms with van der Waals surface area (Å²) in [7, 11) is 1.31. The Morgan fingerprint density at radius 3 is 2.60 bits per heavy atom. The van der Waals surface area contributed by atoms with Crippen LogP contribution in [0.5, 0.6) is 0 Å². The Morgan fingerprint density at radius 1 is 1.30 bits per heavy atom. The maximum atomic E-state index is 11.8. The molecule has 0 bridgehead atoms. The number of carbonyl (C=O) groups is 3. The highest BCUT2D eigenvalue weighted by atomic mass is 16.5. The van der Waals surface area contributed by atoms with Gasteiger partial charge in [0.1, 0.15) is 5.78 Å². The van der Waals surface area contributed by atoms with Gasteiger partial charge in [0.25, 0.3) is 0 Å². The van der Waals surface area contributed by atoms with Gasteiger partial charge in [0.2, 0.25) is 5.91 Å². The van der Waals surface area contributed by atoms with Crippen molar-refractivity contribution in [3.63, 3.8) is 0 Å². The van der Waals surface area contributed by atoms with Crippen molar-refractivity contribution in [2.75, 3.05) is 12.4 Å². The first-order valence-corrected chi connectivity index (χ1v) is 6.53. The van der Waals surface area contributed by atoms with Gasteiger partial charge < -0.3 is 10.1 Å². The van der Waals surface area contributed by atoms with Gasteiger partial charge in [-0.3, -0.25) is 9.59 Å². The predicted octanol–water partition coefficient (Wildman–Crippen LogP) is 2.09. The molecule has 20 heavy (non-hydrogen) atoms. The molecule has 5 nitrogen and oxygen atoms in total. The summed E-state index contributed by atoms with van der Waals surface area (Å²) in [4.78, 5) is 34.9. The normalized spacial score (nSPS) is 13.7. The first-order chi connectivity index (χ1) is 9.52. The van der Waals surface area contributed by atoms with Crippen molar-refractivity contribution in [3.05, 3.63) is 29.3 Å². The van der Waals surface area contributed by atoms with E-state index in [0.29, 0.717) is 16.8 Å². The van der Waals surface area contributed by atoms with Crippen LogP contribution in [0.25, 0.3) is 0 Å². The van der Waals surface area contributed by atoms with E-state index in [0.717, 1.165) is 12.8 Å². The molecule has 1 aromatic rings. The fraction of sp³-hybridized carbons (Fsp3) is 0.400. The number of esters is 1. The number of benzene rings is 1. The highest BCUT2D eigenvalue weighted by molar-refractivity contribution is 6.06. The van der Waals surface area contributed by atoms with Crippen LogP contribution < -0.4 is 5.32 Å². The van der Waals surface area contributed by atoms with Gasteiger partial charge in [-0.15, -0.1) is 0 Å². The number of anilines is 1. The van der Waals surface area contributed by atoms with Crippen LogP contribution in [0.15, 0.2) is 18.2 Å². The lowest BCUT2D eigenvalue weighted by atomic mass is 10.1. The van der Waals surface area contributed by atoms with Crippen LogP contribution in [-0.4, -0.2) is 24.8 Å². The molecule has 1 saturated carbocycles. The van der Waals surface area contributed by atoms with E-state index in [1.165, 1.54) is 7.11 Å². The van der Waals surface area contributed by atoms with Crippen LogP contribution in [-0.2, 0) is 14.3 Å². The number of hydrogen-bond donors (Lipinski definition) is 1. The molecule has 0 aromatic heterocycles. The number of hydrogen-bond acceptors (Lipinski definition) is 4.